The van der Waals surface area contributed by atoms with Crippen LogP contribution in [0.4, 0.5) is 0 Å². The van der Waals surface area contributed by atoms with E-state index in [9.17, 15) is 8.42 Å². The molecule has 6 nitrogen and oxygen atoms in total. The molecule has 3 aliphatic rings. The van der Waals surface area contributed by atoms with Crippen LogP contribution in [0.15, 0.2) is 30.3 Å². The molecule has 0 aromatic heterocycles. The van der Waals surface area contributed by atoms with E-state index in [0.29, 0.717) is 23.8 Å². The number of hydrogen-bond donors (Lipinski definition) is 1. The molecule has 2 aliphatic heterocycles. The summed E-state index contributed by atoms with van der Waals surface area (Å²) >= 11 is 0. The second kappa shape index (κ2) is 10.3. The first-order valence-electron chi connectivity index (χ1n) is 11.8. The fourth-order valence-corrected chi connectivity index (χ4v) is 6.19. The van der Waals surface area contributed by atoms with Crippen molar-refractivity contribution in [2.24, 2.45) is 11.8 Å². The van der Waals surface area contributed by atoms with E-state index < -0.39 is 10.0 Å². The van der Waals surface area contributed by atoms with E-state index in [0.717, 1.165) is 39.3 Å². The Balaban J connectivity index is 1.31. The third-order valence-electron chi connectivity index (χ3n) is 7.54. The normalized spacial score (nSPS) is 31.8. The van der Waals surface area contributed by atoms with Crippen LogP contribution in [0.1, 0.15) is 50.5 Å². The predicted octanol–water partition coefficient (Wildman–Crippen LogP) is 3.00. The molecule has 1 aliphatic carbocycles. The van der Waals surface area contributed by atoms with Crippen LogP contribution >= 0.6 is 0 Å². The third-order valence-corrected chi connectivity index (χ3v) is 8.27. The Hall–Kier alpha value is -0.990. The van der Waals surface area contributed by atoms with Gasteiger partial charge in [-0.15, -0.1) is 0 Å². The number of ether oxygens (including phenoxy) is 2. The zero-order valence-corrected chi connectivity index (χ0v) is 19.7. The van der Waals surface area contributed by atoms with Crippen LogP contribution in [0.25, 0.3) is 0 Å². The van der Waals surface area contributed by atoms with Crippen LogP contribution in [0.2, 0.25) is 0 Å². The maximum Gasteiger partial charge on any atom is 0.209 e. The lowest BCUT2D eigenvalue weighted by Gasteiger charge is -2.45. The summed E-state index contributed by atoms with van der Waals surface area (Å²) in [6, 6.07) is 11.1. The number of rotatable bonds is 8. The van der Waals surface area contributed by atoms with E-state index in [1.807, 2.05) is 0 Å². The van der Waals surface area contributed by atoms with E-state index >= 15 is 0 Å². The Morgan fingerprint density at radius 3 is 2.45 bits per heavy atom. The molecule has 0 bridgehead atoms. The van der Waals surface area contributed by atoms with E-state index in [4.69, 9.17) is 9.47 Å². The third kappa shape index (κ3) is 6.29. The second-order valence-electron chi connectivity index (χ2n) is 9.82. The van der Waals surface area contributed by atoms with Crippen LogP contribution in [-0.2, 0) is 19.5 Å². The van der Waals surface area contributed by atoms with Gasteiger partial charge in [0.1, 0.15) is 0 Å². The Bertz CT molecular complexity index is 791. The molecule has 1 N–H and O–H groups in total. The summed E-state index contributed by atoms with van der Waals surface area (Å²) in [4.78, 5) is 2.46. The Morgan fingerprint density at radius 2 is 1.84 bits per heavy atom. The molecule has 4 rings (SSSR count). The number of likely N-dealkylation sites (tertiary alicyclic amines) is 1. The van der Waals surface area contributed by atoms with Gasteiger partial charge in [-0.05, 0) is 56.4 Å². The quantitative estimate of drug-likeness (QED) is 0.659. The average Bonchev–Trinajstić information content (AvgIpc) is 2.72. The maximum absolute atomic E-state index is 11.9. The Morgan fingerprint density at radius 1 is 1.13 bits per heavy atom. The smallest absolute Gasteiger partial charge is 0.209 e. The number of nitrogens with one attached hydrogen (secondary N) is 1. The molecule has 1 saturated carbocycles. The van der Waals surface area contributed by atoms with Crippen molar-refractivity contribution in [2.75, 3.05) is 39.2 Å². The summed E-state index contributed by atoms with van der Waals surface area (Å²) in [6.45, 7) is 6.33. The van der Waals surface area contributed by atoms with Gasteiger partial charge in [-0.3, -0.25) is 4.90 Å². The van der Waals surface area contributed by atoms with E-state index in [2.05, 4.69) is 46.9 Å². The standard InChI is InChI=1S/C24H38N2O4S/c1-18(22-16-29-17-22)26-13-12-23(25-31(2,27)28)24(14-26)30-15-19-8-10-21(11-9-19)20-6-4-3-5-7-20/h3-7,18-19,21-25H,8-17H2,1-2H3/t18-,19?,21?,23-,24+/m0/s1. The fraction of sp³-hybridized carbons (Fsp3) is 0.750. The highest BCUT2D eigenvalue weighted by Gasteiger charge is 2.37. The molecule has 0 radical (unpaired) electrons. The number of sulfonamides is 1. The predicted molar refractivity (Wildman–Crippen MR) is 123 cm³/mol. The van der Waals surface area contributed by atoms with Gasteiger partial charge in [0.25, 0.3) is 0 Å². The van der Waals surface area contributed by atoms with Gasteiger partial charge in [-0.2, -0.15) is 0 Å². The highest BCUT2D eigenvalue weighted by Crippen LogP contribution is 2.36. The van der Waals surface area contributed by atoms with Crippen LogP contribution in [0, 0.1) is 11.8 Å². The zero-order valence-electron chi connectivity index (χ0n) is 18.9. The van der Waals surface area contributed by atoms with Gasteiger partial charge < -0.3 is 9.47 Å². The molecule has 0 spiro atoms. The van der Waals surface area contributed by atoms with Crippen molar-refractivity contribution in [3.63, 3.8) is 0 Å². The minimum atomic E-state index is -3.25. The number of piperidine rings is 1. The van der Waals surface area contributed by atoms with E-state index in [1.165, 1.54) is 37.5 Å². The SMILES string of the molecule is C[C@@H](C1COC1)N1CC[C@H](NS(C)(=O)=O)[C@H](OCC2CCC(c3ccccc3)CC2)C1. The average molecular weight is 451 g/mol. The first kappa shape index (κ1) is 23.2. The van der Waals surface area contributed by atoms with E-state index in [-0.39, 0.29) is 12.1 Å². The van der Waals surface area contributed by atoms with Crippen molar-refractivity contribution in [1.82, 2.24) is 9.62 Å². The molecule has 7 heteroatoms. The lowest BCUT2D eigenvalue weighted by Crippen LogP contribution is -2.59. The first-order valence-corrected chi connectivity index (χ1v) is 13.7. The molecule has 0 unspecified atom stereocenters. The Labute approximate surface area is 187 Å². The second-order valence-corrected chi connectivity index (χ2v) is 11.6. The van der Waals surface area contributed by atoms with Gasteiger partial charge >= 0.3 is 0 Å². The zero-order chi connectivity index (χ0) is 21.8. The number of nitrogens with zero attached hydrogens (tertiary/aromatic N) is 1. The maximum atomic E-state index is 11.9. The molecular weight excluding hydrogens is 412 g/mol. The molecule has 3 atom stereocenters. The largest absolute Gasteiger partial charge is 0.381 e. The summed E-state index contributed by atoms with van der Waals surface area (Å²) in [5.74, 6) is 1.80. The summed E-state index contributed by atoms with van der Waals surface area (Å²) in [6.07, 6.45) is 6.70. The molecule has 1 aromatic carbocycles. The van der Waals surface area contributed by atoms with Gasteiger partial charge in [0.05, 0.1) is 31.6 Å². The van der Waals surface area contributed by atoms with Crippen molar-refractivity contribution in [3.8, 4) is 0 Å². The highest BCUT2D eigenvalue weighted by atomic mass is 32.2. The highest BCUT2D eigenvalue weighted by molar-refractivity contribution is 7.88. The molecule has 3 fully saturated rings. The topological polar surface area (TPSA) is 67.9 Å². The Kier molecular flexibility index (Phi) is 7.70. The van der Waals surface area contributed by atoms with Crippen molar-refractivity contribution in [2.45, 2.75) is 63.1 Å². The van der Waals surface area contributed by atoms with Crippen LogP contribution in [0.3, 0.4) is 0 Å². The van der Waals surface area contributed by atoms with Gasteiger partial charge in [0.15, 0.2) is 0 Å². The van der Waals surface area contributed by atoms with Gasteiger partial charge in [-0.1, -0.05) is 30.3 Å². The molecule has 1 aromatic rings. The van der Waals surface area contributed by atoms with Crippen molar-refractivity contribution in [1.29, 1.82) is 0 Å². The molecule has 174 valence electrons. The van der Waals surface area contributed by atoms with Crippen LogP contribution in [0.5, 0.6) is 0 Å². The minimum absolute atomic E-state index is 0.0984. The van der Waals surface area contributed by atoms with Gasteiger partial charge in [0.2, 0.25) is 10.0 Å². The summed E-state index contributed by atoms with van der Waals surface area (Å²) < 4.78 is 38.5. The van der Waals surface area contributed by atoms with E-state index in [1.54, 1.807) is 0 Å². The summed E-state index contributed by atoms with van der Waals surface area (Å²) in [5, 5.41) is 0. The first-order chi connectivity index (χ1) is 14.9. The van der Waals surface area contributed by atoms with Crippen molar-refractivity contribution in [3.05, 3.63) is 35.9 Å². The fourth-order valence-electron chi connectivity index (χ4n) is 5.37. The number of hydrogen-bond acceptors (Lipinski definition) is 5. The van der Waals surface area contributed by atoms with Crippen molar-refractivity contribution < 1.29 is 17.9 Å². The lowest BCUT2D eigenvalue weighted by molar-refractivity contribution is -0.0950. The molecule has 31 heavy (non-hydrogen) atoms. The molecule has 0 amide bonds. The molecular formula is C24H38N2O4S. The van der Waals surface area contributed by atoms with Crippen LogP contribution < -0.4 is 4.72 Å². The lowest BCUT2D eigenvalue weighted by atomic mass is 9.79. The van der Waals surface area contributed by atoms with Crippen LogP contribution in [-0.4, -0.2) is 70.7 Å². The van der Waals surface area contributed by atoms with Gasteiger partial charge in [-0.25, -0.2) is 13.1 Å². The molecule has 2 saturated heterocycles. The number of benzene rings is 1. The minimum Gasteiger partial charge on any atom is -0.381 e. The summed E-state index contributed by atoms with van der Waals surface area (Å²) in [5.41, 5.74) is 1.45. The van der Waals surface area contributed by atoms with Gasteiger partial charge in [0, 0.05) is 31.7 Å². The molecule has 2 heterocycles. The monoisotopic (exact) mass is 450 g/mol. The summed E-state index contributed by atoms with van der Waals surface area (Å²) in [7, 11) is -3.25. The van der Waals surface area contributed by atoms with Crippen molar-refractivity contribution >= 4 is 10.0 Å².